The van der Waals surface area contributed by atoms with Crippen molar-refractivity contribution in [2.75, 3.05) is 32.0 Å². The van der Waals surface area contributed by atoms with Crippen LogP contribution < -0.4 is 10.6 Å². The third-order valence-corrected chi connectivity index (χ3v) is 5.33. The molecule has 2 saturated heterocycles. The second-order valence-corrected chi connectivity index (χ2v) is 7.15. The zero-order chi connectivity index (χ0) is 18.3. The number of piperazine rings is 1. The number of likely N-dealkylation sites (N-methyl/N-ethyl adjacent to an activating group) is 1. The summed E-state index contributed by atoms with van der Waals surface area (Å²) in [6, 6.07) is 5.91. The Hall–Kier alpha value is -2.61. The van der Waals surface area contributed by atoms with E-state index >= 15 is 0 Å². The van der Waals surface area contributed by atoms with Crippen LogP contribution in [0.25, 0.3) is 10.9 Å². The summed E-state index contributed by atoms with van der Waals surface area (Å²) in [5.41, 5.74) is 1.85. The molecule has 2 unspecified atom stereocenters. The van der Waals surface area contributed by atoms with Gasteiger partial charge in [0, 0.05) is 42.8 Å². The van der Waals surface area contributed by atoms with Crippen molar-refractivity contribution >= 4 is 28.5 Å². The van der Waals surface area contributed by atoms with E-state index in [1.807, 2.05) is 17.9 Å². The highest BCUT2D eigenvalue weighted by Gasteiger charge is 2.44. The summed E-state index contributed by atoms with van der Waals surface area (Å²) in [5.74, 6) is -0.0376. The van der Waals surface area contributed by atoms with Crippen molar-refractivity contribution in [1.82, 2.24) is 25.3 Å². The van der Waals surface area contributed by atoms with E-state index in [0.717, 1.165) is 36.8 Å². The molecule has 1 aromatic heterocycles. The lowest BCUT2D eigenvalue weighted by molar-refractivity contribution is 0.0646. The number of hydrogen-bond acceptors (Lipinski definition) is 4. The molecule has 2 aromatic rings. The van der Waals surface area contributed by atoms with Gasteiger partial charge in [-0.3, -0.25) is 14.8 Å². The second-order valence-electron chi connectivity index (χ2n) is 7.15. The molecule has 2 atom stereocenters. The first-order valence-electron chi connectivity index (χ1n) is 9.11. The largest absolute Gasteiger partial charge is 0.338 e. The maximum Gasteiger partial charge on any atom is 0.319 e. The molecule has 2 fully saturated rings. The fourth-order valence-corrected chi connectivity index (χ4v) is 3.92. The number of nitrogens with one attached hydrogen (secondary N) is 3. The molecule has 138 valence electrons. The second kappa shape index (κ2) is 6.60. The molecule has 0 spiro atoms. The highest BCUT2D eigenvalue weighted by atomic mass is 16.2. The summed E-state index contributed by atoms with van der Waals surface area (Å²) in [6.07, 6.45) is 1.91. The maximum absolute atomic E-state index is 13.0. The first-order valence-corrected chi connectivity index (χ1v) is 9.11. The fourth-order valence-electron chi connectivity index (χ4n) is 3.92. The smallest absolute Gasteiger partial charge is 0.319 e. The number of urea groups is 1. The summed E-state index contributed by atoms with van der Waals surface area (Å²) in [4.78, 5) is 29.1. The molecule has 3 amide bonds. The Bertz CT molecular complexity index is 845. The number of anilines is 1. The molecular weight excluding hydrogens is 332 g/mol. The molecule has 4 rings (SSSR count). The number of amides is 3. The molecule has 8 heteroatoms. The van der Waals surface area contributed by atoms with Gasteiger partial charge in [-0.2, -0.15) is 5.10 Å². The van der Waals surface area contributed by atoms with Crippen molar-refractivity contribution in [3.8, 4) is 0 Å². The number of carbonyl (C=O) groups excluding carboxylic acids is 2. The third kappa shape index (κ3) is 2.90. The molecule has 2 aliphatic rings. The minimum absolute atomic E-state index is 0.0376. The lowest BCUT2D eigenvalue weighted by atomic mass is 10.1. The Labute approximate surface area is 151 Å². The van der Waals surface area contributed by atoms with E-state index in [4.69, 9.17) is 0 Å². The van der Waals surface area contributed by atoms with Crippen LogP contribution in [0.15, 0.2) is 18.2 Å². The first-order chi connectivity index (χ1) is 12.6. The van der Waals surface area contributed by atoms with Gasteiger partial charge < -0.3 is 15.5 Å². The normalized spacial score (nSPS) is 22.2. The molecule has 8 nitrogen and oxygen atoms in total. The molecule has 1 aromatic carbocycles. The molecule has 0 saturated carbocycles. The number of nitrogens with zero attached hydrogens (tertiary/aromatic N) is 3. The molecule has 2 aliphatic heterocycles. The van der Waals surface area contributed by atoms with E-state index in [0.29, 0.717) is 24.0 Å². The van der Waals surface area contributed by atoms with Crippen LogP contribution in [0.4, 0.5) is 10.5 Å². The standard InChI is InChI=1S/C18H24N6O2/c1-3-6-19-18(26)20-11-4-5-15-14(7-11)16(22-21-15)17(25)24-10-12-8-13(24)9-23(12)2/h4-5,7,12-13H,3,6,8-10H2,1-2H3,(H,21,22)(H2,19,20,26). The van der Waals surface area contributed by atoms with E-state index in [1.54, 1.807) is 12.1 Å². The predicted molar refractivity (Wildman–Crippen MR) is 99.3 cm³/mol. The number of carbonyl (C=O) groups is 2. The third-order valence-electron chi connectivity index (χ3n) is 5.33. The van der Waals surface area contributed by atoms with E-state index in [2.05, 4.69) is 32.8 Å². The Morgan fingerprint density at radius 2 is 2.15 bits per heavy atom. The molecule has 3 N–H and O–H groups in total. The lowest BCUT2D eigenvalue weighted by Crippen LogP contribution is -2.47. The van der Waals surface area contributed by atoms with Crippen molar-refractivity contribution in [2.24, 2.45) is 0 Å². The Morgan fingerprint density at radius 1 is 1.31 bits per heavy atom. The van der Waals surface area contributed by atoms with Crippen LogP contribution in [0.2, 0.25) is 0 Å². The van der Waals surface area contributed by atoms with Gasteiger partial charge in [0.25, 0.3) is 5.91 Å². The minimum atomic E-state index is -0.248. The Morgan fingerprint density at radius 3 is 2.85 bits per heavy atom. The first kappa shape index (κ1) is 16.8. The van der Waals surface area contributed by atoms with Gasteiger partial charge >= 0.3 is 6.03 Å². The van der Waals surface area contributed by atoms with Crippen LogP contribution in [0.3, 0.4) is 0 Å². The topological polar surface area (TPSA) is 93.4 Å². The molecule has 0 radical (unpaired) electrons. The van der Waals surface area contributed by atoms with E-state index in [-0.39, 0.29) is 18.0 Å². The van der Waals surface area contributed by atoms with Crippen molar-refractivity contribution < 1.29 is 9.59 Å². The molecular formula is C18H24N6O2. The van der Waals surface area contributed by atoms with Gasteiger partial charge in [0.2, 0.25) is 0 Å². The van der Waals surface area contributed by atoms with Gasteiger partial charge in [0.15, 0.2) is 5.69 Å². The van der Waals surface area contributed by atoms with Crippen molar-refractivity contribution in [3.05, 3.63) is 23.9 Å². The summed E-state index contributed by atoms with van der Waals surface area (Å²) < 4.78 is 0. The zero-order valence-electron chi connectivity index (χ0n) is 15.1. The van der Waals surface area contributed by atoms with Gasteiger partial charge in [-0.25, -0.2) is 4.79 Å². The SMILES string of the molecule is CCCNC(=O)Nc1ccc2[nH]nc(C(=O)N3CC4CC3CN4C)c2c1. The zero-order valence-corrected chi connectivity index (χ0v) is 15.1. The predicted octanol–water partition coefficient (Wildman–Crippen LogP) is 1.62. The number of rotatable bonds is 4. The van der Waals surface area contributed by atoms with Gasteiger partial charge in [0.05, 0.1) is 5.52 Å². The van der Waals surface area contributed by atoms with E-state index in [1.165, 1.54) is 0 Å². The van der Waals surface area contributed by atoms with Crippen LogP contribution >= 0.6 is 0 Å². The van der Waals surface area contributed by atoms with Crippen LogP contribution in [0.1, 0.15) is 30.3 Å². The Kier molecular flexibility index (Phi) is 4.28. The molecule has 2 bridgehead atoms. The molecule has 26 heavy (non-hydrogen) atoms. The van der Waals surface area contributed by atoms with Gasteiger partial charge in [-0.15, -0.1) is 0 Å². The van der Waals surface area contributed by atoms with E-state index < -0.39 is 0 Å². The van der Waals surface area contributed by atoms with Crippen LogP contribution in [0.5, 0.6) is 0 Å². The number of H-pyrrole nitrogens is 1. The number of hydrogen-bond donors (Lipinski definition) is 3. The molecule has 0 aliphatic carbocycles. The van der Waals surface area contributed by atoms with Crippen molar-refractivity contribution in [2.45, 2.75) is 31.8 Å². The quantitative estimate of drug-likeness (QED) is 0.776. The highest BCUT2D eigenvalue weighted by Crippen LogP contribution is 2.31. The van der Waals surface area contributed by atoms with Crippen LogP contribution in [0, 0.1) is 0 Å². The average molecular weight is 356 g/mol. The number of likely N-dealkylation sites (tertiary alicyclic amines) is 2. The minimum Gasteiger partial charge on any atom is -0.338 e. The summed E-state index contributed by atoms with van der Waals surface area (Å²) in [5, 5.41) is 13.5. The summed E-state index contributed by atoms with van der Waals surface area (Å²) >= 11 is 0. The van der Waals surface area contributed by atoms with Crippen molar-refractivity contribution in [3.63, 3.8) is 0 Å². The van der Waals surface area contributed by atoms with E-state index in [9.17, 15) is 9.59 Å². The van der Waals surface area contributed by atoms with Gasteiger partial charge in [-0.1, -0.05) is 6.92 Å². The van der Waals surface area contributed by atoms with Gasteiger partial charge in [0.1, 0.15) is 0 Å². The molecule has 3 heterocycles. The number of aromatic nitrogens is 2. The van der Waals surface area contributed by atoms with Crippen LogP contribution in [-0.4, -0.2) is 70.7 Å². The Balaban J connectivity index is 1.55. The van der Waals surface area contributed by atoms with Crippen LogP contribution in [-0.2, 0) is 0 Å². The highest BCUT2D eigenvalue weighted by molar-refractivity contribution is 6.06. The number of aromatic amines is 1. The average Bonchev–Trinajstić information content (AvgIpc) is 3.32. The summed E-state index contributed by atoms with van der Waals surface area (Å²) in [7, 11) is 2.11. The lowest BCUT2D eigenvalue weighted by Gasteiger charge is -2.31. The fraction of sp³-hybridized carbons (Fsp3) is 0.500. The number of benzene rings is 1. The summed E-state index contributed by atoms with van der Waals surface area (Å²) in [6.45, 7) is 4.29. The maximum atomic E-state index is 13.0. The van der Waals surface area contributed by atoms with Gasteiger partial charge in [-0.05, 0) is 38.1 Å². The monoisotopic (exact) mass is 356 g/mol. The number of fused-ring (bicyclic) bond motifs is 3. The van der Waals surface area contributed by atoms with Crippen molar-refractivity contribution in [1.29, 1.82) is 0 Å².